The van der Waals surface area contributed by atoms with Crippen molar-refractivity contribution in [1.82, 2.24) is 0 Å². The summed E-state index contributed by atoms with van der Waals surface area (Å²) >= 11 is -0.208. The zero-order valence-corrected chi connectivity index (χ0v) is 8.19. The van der Waals surface area contributed by atoms with E-state index in [9.17, 15) is 4.79 Å². The van der Waals surface area contributed by atoms with Gasteiger partial charge in [-0.2, -0.15) is 0 Å². The molecule has 3 nitrogen and oxygen atoms in total. The Kier molecular flexibility index (Phi) is 3.13. The Morgan fingerprint density at radius 1 is 1.82 bits per heavy atom. The van der Waals surface area contributed by atoms with Crippen molar-refractivity contribution in [3.63, 3.8) is 0 Å². The van der Waals surface area contributed by atoms with Crippen LogP contribution in [0.15, 0.2) is 16.2 Å². The summed E-state index contributed by atoms with van der Waals surface area (Å²) in [5, 5.41) is 8.48. The summed E-state index contributed by atoms with van der Waals surface area (Å²) in [5.41, 5.74) is 5.35. The third-order valence-corrected chi connectivity index (χ3v) is 3.88. The fraction of sp³-hybridized carbons (Fsp3) is 0.286. The van der Waals surface area contributed by atoms with Crippen molar-refractivity contribution < 1.29 is 9.90 Å². The van der Waals surface area contributed by atoms with Gasteiger partial charge >= 0.3 is 74.3 Å². The molecule has 0 saturated carbocycles. The first-order valence-corrected chi connectivity index (χ1v) is 5.72. The normalized spacial score (nSPS) is 12.8. The molecule has 0 fully saturated rings. The Bertz CT molecular complexity index is 233. The summed E-state index contributed by atoms with van der Waals surface area (Å²) in [4.78, 5) is 10.3. The summed E-state index contributed by atoms with van der Waals surface area (Å²) in [6.07, 6.45) is 0.518. The predicted octanol–water partition coefficient (Wildman–Crippen LogP) is -0.302. The molecule has 0 radical (unpaired) electrons. The van der Waals surface area contributed by atoms with Gasteiger partial charge in [-0.25, -0.2) is 0 Å². The van der Waals surface area contributed by atoms with E-state index in [2.05, 4.69) is 4.08 Å². The van der Waals surface area contributed by atoms with E-state index in [-0.39, 0.29) is 20.4 Å². The SMILES string of the molecule is N[C@@H](Cc1ccc[te]1)C(=O)O. The minimum atomic E-state index is -0.912. The summed E-state index contributed by atoms with van der Waals surface area (Å²) in [7, 11) is 0. The number of carboxylic acid groups (broad SMARTS) is 1. The van der Waals surface area contributed by atoms with Gasteiger partial charge in [-0.3, -0.25) is 0 Å². The van der Waals surface area contributed by atoms with E-state index in [4.69, 9.17) is 10.8 Å². The van der Waals surface area contributed by atoms with Crippen LogP contribution in [-0.4, -0.2) is 37.5 Å². The zero-order valence-electron chi connectivity index (χ0n) is 5.86. The van der Waals surface area contributed by atoms with Gasteiger partial charge in [-0.1, -0.05) is 0 Å². The summed E-state index contributed by atoms with van der Waals surface area (Å²) < 4.78 is 3.35. The number of nitrogens with two attached hydrogens (primary N) is 1. The molecule has 0 aliphatic carbocycles. The molecule has 0 saturated heterocycles. The molecule has 1 atom stereocenters. The van der Waals surface area contributed by atoms with E-state index in [1.165, 1.54) is 3.58 Å². The Balaban J connectivity index is 2.50. The van der Waals surface area contributed by atoms with E-state index in [1.54, 1.807) is 0 Å². The molecular formula is C7H9NO2Te. The van der Waals surface area contributed by atoms with E-state index >= 15 is 0 Å². The number of hydrogen-bond donors (Lipinski definition) is 2. The van der Waals surface area contributed by atoms with Gasteiger partial charge in [0.1, 0.15) is 0 Å². The Labute approximate surface area is 74.4 Å². The van der Waals surface area contributed by atoms with E-state index < -0.39 is 12.0 Å². The second kappa shape index (κ2) is 3.91. The molecule has 4 heteroatoms. The van der Waals surface area contributed by atoms with Crippen LogP contribution in [0.25, 0.3) is 0 Å². The average molecular weight is 267 g/mol. The maximum atomic E-state index is 10.3. The van der Waals surface area contributed by atoms with Crippen LogP contribution >= 0.6 is 0 Å². The van der Waals surface area contributed by atoms with Gasteiger partial charge in [0, 0.05) is 0 Å². The van der Waals surface area contributed by atoms with Gasteiger partial charge in [-0.15, -0.1) is 0 Å². The topological polar surface area (TPSA) is 63.3 Å². The van der Waals surface area contributed by atoms with Crippen molar-refractivity contribution in [3.05, 3.63) is 19.8 Å². The van der Waals surface area contributed by atoms with Gasteiger partial charge in [0.2, 0.25) is 0 Å². The van der Waals surface area contributed by atoms with Crippen molar-refractivity contribution in [1.29, 1.82) is 0 Å². The zero-order chi connectivity index (χ0) is 8.27. The molecule has 0 aromatic carbocycles. The van der Waals surface area contributed by atoms with E-state index in [1.807, 2.05) is 12.1 Å². The van der Waals surface area contributed by atoms with Crippen molar-refractivity contribution in [2.24, 2.45) is 5.73 Å². The van der Waals surface area contributed by atoms with Crippen LogP contribution < -0.4 is 5.73 Å². The molecule has 0 aliphatic heterocycles. The number of aliphatic carboxylic acids is 1. The van der Waals surface area contributed by atoms with Crippen LogP contribution in [0, 0.1) is 0 Å². The molecule has 0 amide bonds. The number of rotatable bonds is 3. The molecule has 0 aliphatic rings. The van der Waals surface area contributed by atoms with Crippen molar-refractivity contribution in [3.8, 4) is 0 Å². The van der Waals surface area contributed by atoms with Crippen LogP contribution in [0.5, 0.6) is 0 Å². The molecule has 1 aromatic rings. The fourth-order valence-electron chi connectivity index (χ4n) is 0.733. The molecule has 1 heterocycles. The molecule has 0 unspecified atom stereocenters. The van der Waals surface area contributed by atoms with E-state index in [0.29, 0.717) is 6.42 Å². The molecule has 1 aromatic heterocycles. The second-order valence-corrected chi connectivity index (χ2v) is 5.17. The van der Waals surface area contributed by atoms with Gasteiger partial charge in [-0.05, 0) is 0 Å². The third-order valence-electron chi connectivity index (χ3n) is 1.32. The number of hydrogen-bond acceptors (Lipinski definition) is 2. The van der Waals surface area contributed by atoms with Crippen LogP contribution in [0.1, 0.15) is 3.58 Å². The summed E-state index contributed by atoms with van der Waals surface area (Å²) in [6.45, 7) is 0. The Morgan fingerprint density at radius 2 is 2.55 bits per heavy atom. The molecule has 11 heavy (non-hydrogen) atoms. The number of carbonyl (C=O) groups is 1. The molecular weight excluding hydrogens is 258 g/mol. The van der Waals surface area contributed by atoms with Gasteiger partial charge in [0.15, 0.2) is 0 Å². The first kappa shape index (κ1) is 8.79. The van der Waals surface area contributed by atoms with Gasteiger partial charge < -0.3 is 0 Å². The minimum absolute atomic E-state index is 0.208. The van der Waals surface area contributed by atoms with Crippen molar-refractivity contribution >= 4 is 26.4 Å². The summed E-state index contributed by atoms with van der Waals surface area (Å²) in [5.74, 6) is -0.912. The van der Waals surface area contributed by atoms with Gasteiger partial charge in [0.25, 0.3) is 0 Å². The quantitative estimate of drug-likeness (QED) is 0.739. The molecule has 0 spiro atoms. The van der Waals surface area contributed by atoms with E-state index in [0.717, 1.165) is 0 Å². The van der Waals surface area contributed by atoms with Crippen LogP contribution in [0.3, 0.4) is 0 Å². The fourth-order valence-corrected chi connectivity index (χ4v) is 2.92. The first-order chi connectivity index (χ1) is 5.20. The molecule has 0 bridgehead atoms. The summed E-state index contributed by atoms with van der Waals surface area (Å²) in [6, 6.07) is 3.24. The maximum absolute atomic E-state index is 10.3. The monoisotopic (exact) mass is 269 g/mol. The molecule has 3 N–H and O–H groups in total. The Hall–Kier alpha value is -0.300. The average Bonchev–Trinajstić information content (AvgIpc) is 2.39. The van der Waals surface area contributed by atoms with Crippen molar-refractivity contribution in [2.75, 3.05) is 0 Å². The second-order valence-electron chi connectivity index (χ2n) is 2.23. The van der Waals surface area contributed by atoms with Crippen molar-refractivity contribution in [2.45, 2.75) is 12.5 Å². The van der Waals surface area contributed by atoms with Crippen LogP contribution in [0.2, 0.25) is 0 Å². The molecule has 1 rings (SSSR count). The standard InChI is InChI=1S/C7H9NO2Te/c8-6(7(9)10)4-5-2-1-3-11-5/h1-3,6H,4,8H2,(H,9,10)/t6-/m0/s1. The van der Waals surface area contributed by atoms with Crippen LogP contribution in [0.4, 0.5) is 0 Å². The van der Waals surface area contributed by atoms with Crippen LogP contribution in [-0.2, 0) is 11.2 Å². The van der Waals surface area contributed by atoms with Gasteiger partial charge in [0.05, 0.1) is 0 Å². The predicted molar refractivity (Wildman–Crippen MR) is 42.7 cm³/mol. The Morgan fingerprint density at radius 3 is 3.00 bits per heavy atom. The third kappa shape index (κ3) is 2.66. The number of carboxylic acids is 1. The molecule has 60 valence electrons. The first-order valence-electron chi connectivity index (χ1n) is 3.21.